The first kappa shape index (κ1) is 21.8. The van der Waals surface area contributed by atoms with Gasteiger partial charge in [-0.15, -0.1) is 0 Å². The minimum atomic E-state index is -3.38. The number of benzene rings is 2. The summed E-state index contributed by atoms with van der Waals surface area (Å²) in [4.78, 5) is 9.19. The van der Waals surface area contributed by atoms with E-state index in [1.54, 1.807) is 24.4 Å². The second kappa shape index (κ2) is 8.44. The largest absolute Gasteiger partial charge is 0.340 e. The highest BCUT2D eigenvalue weighted by Gasteiger charge is 2.23. The number of aromatic nitrogens is 2. The van der Waals surface area contributed by atoms with Gasteiger partial charge in [-0.05, 0) is 49.6 Å². The first-order chi connectivity index (χ1) is 14.0. The van der Waals surface area contributed by atoms with Gasteiger partial charge in [-0.1, -0.05) is 44.5 Å². The standard InChI is InChI=1S/C23H28N4O2S/c1-16-9-11-18(12-10-16)26-22-24-14-17(2)21(27-22)25-19-7-6-8-20(13-19)30(28,29)15-23(3,4)5/h6-14H,15H2,1-5H3,(H2,24,25,26,27). The van der Waals surface area contributed by atoms with Crippen molar-refractivity contribution in [3.63, 3.8) is 0 Å². The van der Waals surface area contributed by atoms with Gasteiger partial charge >= 0.3 is 0 Å². The van der Waals surface area contributed by atoms with E-state index < -0.39 is 9.84 Å². The molecule has 7 heteroatoms. The topological polar surface area (TPSA) is 84.0 Å². The van der Waals surface area contributed by atoms with Crippen LogP contribution in [0.1, 0.15) is 31.9 Å². The van der Waals surface area contributed by atoms with Gasteiger partial charge in [-0.2, -0.15) is 4.98 Å². The van der Waals surface area contributed by atoms with Crippen molar-refractivity contribution in [1.29, 1.82) is 0 Å². The van der Waals surface area contributed by atoms with Crippen LogP contribution in [0.2, 0.25) is 0 Å². The minimum absolute atomic E-state index is 0.0839. The Labute approximate surface area is 178 Å². The number of rotatable bonds is 6. The predicted molar refractivity (Wildman–Crippen MR) is 122 cm³/mol. The van der Waals surface area contributed by atoms with Crippen LogP contribution in [-0.2, 0) is 9.84 Å². The van der Waals surface area contributed by atoms with E-state index in [0.29, 0.717) is 22.3 Å². The Kier molecular flexibility index (Phi) is 6.12. The fraction of sp³-hybridized carbons (Fsp3) is 0.304. The van der Waals surface area contributed by atoms with Crippen molar-refractivity contribution < 1.29 is 8.42 Å². The van der Waals surface area contributed by atoms with Crippen molar-refractivity contribution in [3.05, 3.63) is 65.9 Å². The second-order valence-electron chi connectivity index (χ2n) is 8.69. The predicted octanol–water partition coefficient (Wildman–Crippen LogP) is 5.40. The molecule has 0 spiro atoms. The summed E-state index contributed by atoms with van der Waals surface area (Å²) in [5.41, 5.74) is 3.27. The number of nitrogens with zero attached hydrogens (tertiary/aromatic N) is 2. The quantitative estimate of drug-likeness (QED) is 0.551. The summed E-state index contributed by atoms with van der Waals surface area (Å²) < 4.78 is 25.5. The van der Waals surface area contributed by atoms with Gasteiger partial charge in [0.25, 0.3) is 0 Å². The molecule has 0 radical (unpaired) electrons. The van der Waals surface area contributed by atoms with E-state index in [9.17, 15) is 8.42 Å². The second-order valence-corrected chi connectivity index (χ2v) is 10.7. The molecule has 2 aromatic carbocycles. The monoisotopic (exact) mass is 424 g/mol. The Morgan fingerprint density at radius 3 is 2.30 bits per heavy atom. The summed E-state index contributed by atoms with van der Waals surface area (Å²) >= 11 is 0. The molecule has 6 nitrogen and oxygen atoms in total. The highest BCUT2D eigenvalue weighted by Crippen LogP contribution is 2.26. The van der Waals surface area contributed by atoms with Gasteiger partial charge in [0.05, 0.1) is 10.6 Å². The molecule has 3 aromatic rings. The number of nitrogens with one attached hydrogen (secondary N) is 2. The van der Waals surface area contributed by atoms with Crippen LogP contribution in [0.5, 0.6) is 0 Å². The van der Waals surface area contributed by atoms with Crippen molar-refractivity contribution in [3.8, 4) is 0 Å². The van der Waals surface area contributed by atoms with Crippen molar-refractivity contribution in [2.45, 2.75) is 39.5 Å². The number of anilines is 4. The molecule has 0 amide bonds. The lowest BCUT2D eigenvalue weighted by Crippen LogP contribution is -2.20. The lowest BCUT2D eigenvalue weighted by Gasteiger charge is -2.18. The van der Waals surface area contributed by atoms with Gasteiger partial charge in [0.2, 0.25) is 5.95 Å². The number of sulfone groups is 1. The van der Waals surface area contributed by atoms with Crippen LogP contribution in [0, 0.1) is 19.3 Å². The van der Waals surface area contributed by atoms with Crippen molar-refractivity contribution >= 4 is 33.0 Å². The first-order valence-corrected chi connectivity index (χ1v) is 11.4. The SMILES string of the molecule is Cc1ccc(Nc2ncc(C)c(Nc3cccc(S(=O)(=O)CC(C)(C)C)c3)n2)cc1. The van der Waals surface area contributed by atoms with E-state index in [2.05, 4.69) is 20.6 Å². The van der Waals surface area contributed by atoms with E-state index >= 15 is 0 Å². The molecule has 158 valence electrons. The summed E-state index contributed by atoms with van der Waals surface area (Å²) in [5.74, 6) is 1.16. The van der Waals surface area contributed by atoms with E-state index in [-0.39, 0.29) is 11.2 Å². The minimum Gasteiger partial charge on any atom is -0.340 e. The molecule has 0 aliphatic heterocycles. The third-order valence-electron chi connectivity index (χ3n) is 4.36. The first-order valence-electron chi connectivity index (χ1n) is 9.79. The Hall–Kier alpha value is -2.93. The summed E-state index contributed by atoms with van der Waals surface area (Å²) in [7, 11) is -3.38. The highest BCUT2D eigenvalue weighted by atomic mass is 32.2. The maximum Gasteiger partial charge on any atom is 0.229 e. The van der Waals surface area contributed by atoms with Gasteiger partial charge < -0.3 is 10.6 Å². The Bertz CT molecular complexity index is 1130. The molecule has 0 aliphatic rings. The number of aryl methyl sites for hydroxylation is 2. The van der Waals surface area contributed by atoms with Crippen LogP contribution in [0.15, 0.2) is 59.6 Å². The van der Waals surface area contributed by atoms with Crippen molar-refractivity contribution in [2.75, 3.05) is 16.4 Å². The Morgan fingerprint density at radius 2 is 1.63 bits per heavy atom. The smallest absolute Gasteiger partial charge is 0.229 e. The van der Waals surface area contributed by atoms with Gasteiger partial charge in [-0.3, -0.25) is 0 Å². The zero-order valence-corrected chi connectivity index (χ0v) is 18.8. The third-order valence-corrected chi connectivity index (χ3v) is 6.58. The molecule has 0 bridgehead atoms. The fourth-order valence-electron chi connectivity index (χ4n) is 2.95. The van der Waals surface area contributed by atoms with E-state index in [4.69, 9.17) is 0 Å². The van der Waals surface area contributed by atoms with E-state index in [1.807, 2.05) is 65.0 Å². The van der Waals surface area contributed by atoms with Crippen molar-refractivity contribution in [1.82, 2.24) is 9.97 Å². The number of hydrogen-bond acceptors (Lipinski definition) is 6. The number of hydrogen-bond donors (Lipinski definition) is 2. The van der Waals surface area contributed by atoms with Gasteiger partial charge in [0.1, 0.15) is 5.82 Å². The lowest BCUT2D eigenvalue weighted by atomic mass is 10.0. The molecular formula is C23H28N4O2S. The van der Waals surface area contributed by atoms with Gasteiger partial charge in [0, 0.05) is 23.1 Å². The molecule has 0 unspecified atom stereocenters. The summed E-state index contributed by atoms with van der Waals surface area (Å²) in [6.07, 6.45) is 1.73. The van der Waals surface area contributed by atoms with Gasteiger partial charge in [-0.25, -0.2) is 13.4 Å². The van der Waals surface area contributed by atoms with Gasteiger partial charge in [0.15, 0.2) is 9.84 Å². The summed E-state index contributed by atoms with van der Waals surface area (Å²) in [6, 6.07) is 14.8. The molecule has 0 fully saturated rings. The third kappa shape index (κ3) is 5.79. The maximum absolute atomic E-state index is 12.7. The molecular weight excluding hydrogens is 396 g/mol. The summed E-state index contributed by atoms with van der Waals surface area (Å²) in [5, 5.41) is 6.42. The van der Waals surface area contributed by atoms with Crippen LogP contribution in [0.25, 0.3) is 0 Å². The molecule has 0 saturated carbocycles. The average Bonchev–Trinajstić information content (AvgIpc) is 2.65. The average molecular weight is 425 g/mol. The highest BCUT2D eigenvalue weighted by molar-refractivity contribution is 7.91. The van der Waals surface area contributed by atoms with E-state index in [0.717, 1.165) is 11.3 Å². The van der Waals surface area contributed by atoms with Crippen LogP contribution < -0.4 is 10.6 Å². The van der Waals surface area contributed by atoms with E-state index in [1.165, 1.54) is 5.56 Å². The molecule has 0 atom stereocenters. The fourth-order valence-corrected chi connectivity index (χ4v) is 4.85. The molecule has 30 heavy (non-hydrogen) atoms. The molecule has 0 saturated heterocycles. The Balaban J connectivity index is 1.83. The van der Waals surface area contributed by atoms with Crippen molar-refractivity contribution in [2.24, 2.45) is 5.41 Å². The van der Waals surface area contributed by atoms with Crippen LogP contribution >= 0.6 is 0 Å². The Morgan fingerprint density at radius 1 is 0.933 bits per heavy atom. The molecule has 3 rings (SSSR count). The summed E-state index contributed by atoms with van der Waals surface area (Å²) in [6.45, 7) is 9.68. The lowest BCUT2D eigenvalue weighted by molar-refractivity contribution is 0.462. The molecule has 0 aliphatic carbocycles. The molecule has 1 aromatic heterocycles. The zero-order valence-electron chi connectivity index (χ0n) is 18.0. The zero-order chi connectivity index (χ0) is 21.9. The molecule has 2 N–H and O–H groups in total. The van der Waals surface area contributed by atoms with Crippen LogP contribution in [-0.4, -0.2) is 24.1 Å². The normalized spacial score (nSPS) is 11.9. The molecule has 1 heterocycles. The maximum atomic E-state index is 12.7. The van der Waals surface area contributed by atoms with Crippen LogP contribution in [0.3, 0.4) is 0 Å². The van der Waals surface area contributed by atoms with Crippen LogP contribution in [0.4, 0.5) is 23.1 Å².